The summed E-state index contributed by atoms with van der Waals surface area (Å²) in [7, 11) is 0. The lowest BCUT2D eigenvalue weighted by Crippen LogP contribution is -2.38. The SMILES string of the molecule is CCC(CC)N(CCO)c1c(C)cccc1/C(N)=N/O. The van der Waals surface area contributed by atoms with Gasteiger partial charge in [-0.2, -0.15) is 0 Å². The van der Waals surface area contributed by atoms with E-state index in [1.807, 2.05) is 25.1 Å². The Bertz CT molecular complexity index is 456. The minimum Gasteiger partial charge on any atom is -0.409 e. The summed E-state index contributed by atoms with van der Waals surface area (Å²) in [5.74, 6) is 0.0950. The van der Waals surface area contributed by atoms with Crippen LogP contribution in [0.25, 0.3) is 0 Å². The molecule has 0 spiro atoms. The zero-order chi connectivity index (χ0) is 15.1. The lowest BCUT2D eigenvalue weighted by Gasteiger charge is -2.34. The van der Waals surface area contributed by atoms with E-state index in [9.17, 15) is 5.11 Å². The number of amidine groups is 1. The second kappa shape index (κ2) is 7.75. The van der Waals surface area contributed by atoms with Crippen molar-refractivity contribution < 1.29 is 10.3 Å². The van der Waals surface area contributed by atoms with Crippen molar-refractivity contribution in [2.75, 3.05) is 18.1 Å². The Morgan fingerprint density at radius 1 is 1.35 bits per heavy atom. The summed E-state index contributed by atoms with van der Waals surface area (Å²) in [6, 6.07) is 6.03. The number of nitrogens with two attached hydrogens (primary N) is 1. The lowest BCUT2D eigenvalue weighted by atomic mass is 10.0. The molecule has 0 radical (unpaired) electrons. The number of hydrogen-bond donors (Lipinski definition) is 3. The van der Waals surface area contributed by atoms with Crippen LogP contribution < -0.4 is 10.6 Å². The predicted molar refractivity (Wildman–Crippen MR) is 82.5 cm³/mol. The summed E-state index contributed by atoms with van der Waals surface area (Å²) in [4.78, 5) is 2.16. The number of aryl methyl sites for hydroxylation is 1. The minimum absolute atomic E-state index is 0.0699. The molecule has 1 aromatic carbocycles. The highest BCUT2D eigenvalue weighted by atomic mass is 16.4. The lowest BCUT2D eigenvalue weighted by molar-refractivity contribution is 0.296. The van der Waals surface area contributed by atoms with E-state index >= 15 is 0 Å². The Balaban J connectivity index is 3.38. The van der Waals surface area contributed by atoms with E-state index in [1.54, 1.807) is 0 Å². The third-order valence-corrected chi connectivity index (χ3v) is 3.63. The number of benzene rings is 1. The van der Waals surface area contributed by atoms with Crippen LogP contribution in [-0.2, 0) is 0 Å². The summed E-state index contributed by atoms with van der Waals surface area (Å²) in [5, 5.41) is 21.4. The van der Waals surface area contributed by atoms with Gasteiger partial charge in [-0.15, -0.1) is 0 Å². The first-order valence-corrected chi connectivity index (χ1v) is 7.05. The molecule has 0 saturated heterocycles. The van der Waals surface area contributed by atoms with E-state index in [0.717, 1.165) is 24.1 Å². The Labute approximate surface area is 120 Å². The summed E-state index contributed by atoms with van der Waals surface area (Å²) in [6.45, 7) is 6.85. The fraction of sp³-hybridized carbons (Fsp3) is 0.533. The van der Waals surface area contributed by atoms with Gasteiger partial charge in [0, 0.05) is 18.2 Å². The zero-order valence-corrected chi connectivity index (χ0v) is 12.5. The minimum atomic E-state index is 0.0699. The van der Waals surface area contributed by atoms with Gasteiger partial charge in [-0.1, -0.05) is 31.1 Å². The van der Waals surface area contributed by atoms with Gasteiger partial charge in [0.05, 0.1) is 12.3 Å². The molecule has 0 aliphatic heterocycles. The average Bonchev–Trinajstić information content (AvgIpc) is 2.46. The molecule has 0 aliphatic rings. The Hall–Kier alpha value is -1.75. The smallest absolute Gasteiger partial charge is 0.172 e. The van der Waals surface area contributed by atoms with E-state index in [1.165, 1.54) is 0 Å². The zero-order valence-electron chi connectivity index (χ0n) is 12.5. The molecule has 1 rings (SSSR count). The first-order valence-electron chi connectivity index (χ1n) is 7.05. The van der Waals surface area contributed by atoms with Crippen molar-refractivity contribution in [3.05, 3.63) is 29.3 Å². The maximum atomic E-state index is 9.36. The van der Waals surface area contributed by atoms with Crippen LogP contribution in [0.3, 0.4) is 0 Å². The highest BCUT2D eigenvalue weighted by molar-refractivity contribution is 6.02. The number of para-hydroxylation sites is 1. The summed E-state index contributed by atoms with van der Waals surface area (Å²) < 4.78 is 0. The fourth-order valence-electron chi connectivity index (χ4n) is 2.61. The standard InChI is InChI=1S/C15H25N3O2/c1-4-12(5-2)18(9-10-19)14-11(3)7-6-8-13(14)15(16)17-20/h6-8,12,19-20H,4-5,9-10H2,1-3H3,(H2,16,17). The van der Waals surface area contributed by atoms with Crippen molar-refractivity contribution >= 4 is 11.5 Å². The highest BCUT2D eigenvalue weighted by Gasteiger charge is 2.21. The summed E-state index contributed by atoms with van der Waals surface area (Å²) >= 11 is 0. The molecule has 1 aromatic rings. The Morgan fingerprint density at radius 3 is 2.50 bits per heavy atom. The van der Waals surface area contributed by atoms with Crippen LogP contribution in [0.15, 0.2) is 23.4 Å². The molecule has 20 heavy (non-hydrogen) atoms. The Morgan fingerprint density at radius 2 is 2.00 bits per heavy atom. The van der Waals surface area contributed by atoms with Gasteiger partial charge in [-0.25, -0.2) is 0 Å². The largest absolute Gasteiger partial charge is 0.409 e. The molecule has 0 aromatic heterocycles. The van der Waals surface area contributed by atoms with Crippen LogP contribution in [0.1, 0.15) is 37.8 Å². The normalized spacial score (nSPS) is 11.9. The number of aliphatic hydroxyl groups is 1. The summed E-state index contributed by atoms with van der Waals surface area (Å²) in [5.41, 5.74) is 8.48. The molecule has 0 atom stereocenters. The molecule has 5 nitrogen and oxygen atoms in total. The van der Waals surface area contributed by atoms with Crippen molar-refractivity contribution in [3.63, 3.8) is 0 Å². The molecule has 0 unspecified atom stereocenters. The maximum Gasteiger partial charge on any atom is 0.172 e. The van der Waals surface area contributed by atoms with Crippen LogP contribution >= 0.6 is 0 Å². The van der Waals surface area contributed by atoms with E-state index in [2.05, 4.69) is 23.9 Å². The summed E-state index contributed by atoms with van der Waals surface area (Å²) in [6.07, 6.45) is 1.95. The molecule has 0 amide bonds. The van der Waals surface area contributed by atoms with Crippen molar-refractivity contribution in [1.82, 2.24) is 0 Å². The van der Waals surface area contributed by atoms with Crippen molar-refractivity contribution in [1.29, 1.82) is 0 Å². The molecule has 0 saturated carbocycles. The van der Waals surface area contributed by atoms with Gasteiger partial charge >= 0.3 is 0 Å². The van der Waals surface area contributed by atoms with Crippen LogP contribution in [0.2, 0.25) is 0 Å². The monoisotopic (exact) mass is 279 g/mol. The van der Waals surface area contributed by atoms with Gasteiger partial charge in [0.15, 0.2) is 5.84 Å². The van der Waals surface area contributed by atoms with Gasteiger partial charge in [-0.3, -0.25) is 0 Å². The van der Waals surface area contributed by atoms with E-state index in [0.29, 0.717) is 18.2 Å². The number of hydrogen-bond acceptors (Lipinski definition) is 4. The molecule has 0 aliphatic carbocycles. The third kappa shape index (κ3) is 3.42. The van der Waals surface area contributed by atoms with Crippen molar-refractivity contribution in [2.24, 2.45) is 10.9 Å². The third-order valence-electron chi connectivity index (χ3n) is 3.63. The maximum absolute atomic E-state index is 9.36. The molecular weight excluding hydrogens is 254 g/mol. The number of oxime groups is 1. The quantitative estimate of drug-likeness (QED) is 0.309. The fourth-order valence-corrected chi connectivity index (χ4v) is 2.61. The van der Waals surface area contributed by atoms with Gasteiger partial charge < -0.3 is 20.9 Å². The van der Waals surface area contributed by atoms with Crippen LogP contribution in [0, 0.1) is 6.92 Å². The van der Waals surface area contributed by atoms with Gasteiger partial charge in [0.2, 0.25) is 0 Å². The number of rotatable bonds is 7. The first kappa shape index (κ1) is 16.3. The van der Waals surface area contributed by atoms with Gasteiger partial charge in [0.25, 0.3) is 0 Å². The molecule has 0 fully saturated rings. The molecule has 0 bridgehead atoms. The van der Waals surface area contributed by atoms with Crippen LogP contribution in [0.4, 0.5) is 5.69 Å². The van der Waals surface area contributed by atoms with E-state index in [-0.39, 0.29) is 12.4 Å². The first-order chi connectivity index (χ1) is 9.60. The topological polar surface area (TPSA) is 82.1 Å². The second-order valence-electron chi connectivity index (χ2n) is 4.84. The molecule has 4 N–H and O–H groups in total. The van der Waals surface area contributed by atoms with Gasteiger partial charge in [-0.05, 0) is 31.4 Å². The van der Waals surface area contributed by atoms with E-state index < -0.39 is 0 Å². The molecular formula is C15H25N3O2. The predicted octanol–water partition coefficient (Wildman–Crippen LogP) is 2.08. The van der Waals surface area contributed by atoms with Crippen LogP contribution in [-0.4, -0.2) is 35.3 Å². The highest BCUT2D eigenvalue weighted by Crippen LogP contribution is 2.28. The van der Waals surface area contributed by atoms with Crippen molar-refractivity contribution in [2.45, 2.75) is 39.7 Å². The molecule has 0 heterocycles. The Kier molecular flexibility index (Phi) is 6.31. The van der Waals surface area contributed by atoms with Gasteiger partial charge in [0.1, 0.15) is 0 Å². The number of anilines is 1. The van der Waals surface area contributed by atoms with Crippen molar-refractivity contribution in [3.8, 4) is 0 Å². The average molecular weight is 279 g/mol. The van der Waals surface area contributed by atoms with E-state index in [4.69, 9.17) is 10.9 Å². The number of nitrogens with zero attached hydrogens (tertiary/aromatic N) is 2. The molecule has 112 valence electrons. The molecule has 5 heteroatoms. The van der Waals surface area contributed by atoms with Crippen LogP contribution in [0.5, 0.6) is 0 Å². The number of aliphatic hydroxyl groups excluding tert-OH is 1. The second-order valence-corrected chi connectivity index (χ2v) is 4.84.